The van der Waals surface area contributed by atoms with Crippen molar-refractivity contribution in [3.63, 3.8) is 0 Å². The lowest BCUT2D eigenvalue weighted by molar-refractivity contribution is -0.149. The number of ether oxygens (including phenoxy) is 1. The SMILES string of the molecule is COC(=O)C1(C)C=C(C(=O)Nc2cccc(C(=O)Nc3ccc(Nc4nccc(-c5cccnc5)n4)c(C)c3)c2)C(=O)CC1. The van der Waals surface area contributed by atoms with E-state index in [9.17, 15) is 19.2 Å². The van der Waals surface area contributed by atoms with Crippen LogP contribution in [-0.2, 0) is 19.1 Å². The molecule has 2 heterocycles. The predicted octanol–water partition coefficient (Wildman–Crippen LogP) is 5.25. The van der Waals surface area contributed by atoms with Crippen LogP contribution in [0.25, 0.3) is 11.3 Å². The van der Waals surface area contributed by atoms with Gasteiger partial charge < -0.3 is 20.7 Å². The molecule has 44 heavy (non-hydrogen) atoms. The van der Waals surface area contributed by atoms with Crippen molar-refractivity contribution in [3.8, 4) is 11.3 Å². The van der Waals surface area contributed by atoms with Crippen LogP contribution in [0.1, 0.15) is 35.7 Å². The van der Waals surface area contributed by atoms with E-state index >= 15 is 0 Å². The number of hydrogen-bond acceptors (Lipinski definition) is 9. The second-order valence-electron chi connectivity index (χ2n) is 10.5. The Labute approximate surface area is 253 Å². The van der Waals surface area contributed by atoms with Gasteiger partial charge in [-0.1, -0.05) is 12.1 Å². The number of carbonyl (C=O) groups excluding carboxylic acids is 4. The highest BCUT2D eigenvalue weighted by Gasteiger charge is 2.39. The van der Waals surface area contributed by atoms with Crippen LogP contribution >= 0.6 is 0 Å². The summed E-state index contributed by atoms with van der Waals surface area (Å²) in [6.45, 7) is 3.52. The third-order valence-electron chi connectivity index (χ3n) is 7.26. The number of carbonyl (C=O) groups is 4. The Morgan fingerprint density at radius 1 is 0.932 bits per heavy atom. The lowest BCUT2D eigenvalue weighted by Crippen LogP contribution is -2.35. The largest absolute Gasteiger partial charge is 0.468 e. The van der Waals surface area contributed by atoms with Crippen molar-refractivity contribution < 1.29 is 23.9 Å². The minimum atomic E-state index is -1.07. The maximum atomic E-state index is 13.1. The first-order valence-corrected chi connectivity index (χ1v) is 13.8. The number of methoxy groups -OCH3 is 1. The highest BCUT2D eigenvalue weighted by Crippen LogP contribution is 2.34. The van der Waals surface area contributed by atoms with E-state index in [1.54, 1.807) is 49.8 Å². The van der Waals surface area contributed by atoms with Gasteiger partial charge in [0.25, 0.3) is 11.8 Å². The van der Waals surface area contributed by atoms with E-state index in [2.05, 4.69) is 30.9 Å². The van der Waals surface area contributed by atoms with Crippen molar-refractivity contribution >= 4 is 46.6 Å². The Balaban J connectivity index is 1.25. The molecule has 3 N–H and O–H groups in total. The molecule has 0 saturated carbocycles. The molecule has 0 aliphatic heterocycles. The van der Waals surface area contributed by atoms with Crippen molar-refractivity contribution in [2.45, 2.75) is 26.7 Å². The second kappa shape index (κ2) is 12.7. The highest BCUT2D eigenvalue weighted by molar-refractivity contribution is 6.24. The summed E-state index contributed by atoms with van der Waals surface area (Å²) >= 11 is 0. The van der Waals surface area contributed by atoms with E-state index in [0.717, 1.165) is 22.5 Å². The summed E-state index contributed by atoms with van der Waals surface area (Å²) in [7, 11) is 1.26. The number of anilines is 4. The second-order valence-corrected chi connectivity index (χ2v) is 10.5. The molecule has 2 aromatic heterocycles. The molecule has 0 radical (unpaired) electrons. The zero-order valence-electron chi connectivity index (χ0n) is 24.4. The van der Waals surface area contributed by atoms with E-state index < -0.39 is 17.3 Å². The lowest BCUT2D eigenvalue weighted by Gasteiger charge is -2.27. The molecule has 0 bridgehead atoms. The molecule has 11 nitrogen and oxygen atoms in total. The average molecular weight is 591 g/mol. The summed E-state index contributed by atoms with van der Waals surface area (Å²) in [6, 6.07) is 17.3. The maximum Gasteiger partial charge on any atom is 0.315 e. The van der Waals surface area contributed by atoms with E-state index in [1.807, 2.05) is 37.3 Å². The molecule has 4 aromatic rings. The predicted molar refractivity (Wildman–Crippen MR) is 165 cm³/mol. The van der Waals surface area contributed by atoms with Crippen LogP contribution in [0, 0.1) is 12.3 Å². The van der Waals surface area contributed by atoms with Crippen LogP contribution in [-0.4, -0.2) is 45.6 Å². The standard InChI is InChI=1S/C33H30N6O5/c1-20-16-24(9-10-26(20)38-32-35-15-12-27(39-32)22-7-5-14-34-19-22)36-29(41)21-6-4-8-23(17-21)37-30(42)25-18-33(2,31(43)44-3)13-11-28(25)40/h4-10,12,14-19H,11,13H2,1-3H3,(H,36,41)(H,37,42)(H,35,38,39). The van der Waals surface area contributed by atoms with Crippen LogP contribution in [0.4, 0.5) is 23.0 Å². The van der Waals surface area contributed by atoms with E-state index in [-0.39, 0.29) is 30.1 Å². The molecule has 11 heteroatoms. The van der Waals surface area contributed by atoms with Crippen LogP contribution in [0.3, 0.4) is 0 Å². The third-order valence-corrected chi connectivity index (χ3v) is 7.26. The molecule has 1 aliphatic rings. The molecule has 0 fully saturated rings. The van der Waals surface area contributed by atoms with Crippen molar-refractivity contribution in [1.82, 2.24) is 15.0 Å². The third kappa shape index (κ3) is 6.67. The molecular weight excluding hydrogens is 560 g/mol. The first-order valence-electron chi connectivity index (χ1n) is 13.8. The van der Waals surface area contributed by atoms with Gasteiger partial charge in [-0.3, -0.25) is 24.2 Å². The fraction of sp³-hybridized carbons (Fsp3) is 0.182. The number of esters is 1. The van der Waals surface area contributed by atoms with Gasteiger partial charge in [0.1, 0.15) is 0 Å². The minimum Gasteiger partial charge on any atom is -0.468 e. The molecule has 1 aliphatic carbocycles. The van der Waals surface area contributed by atoms with Gasteiger partial charge in [-0.15, -0.1) is 0 Å². The van der Waals surface area contributed by atoms with Crippen LogP contribution in [0.5, 0.6) is 0 Å². The molecule has 0 spiro atoms. The number of ketones is 1. The first kappa shape index (κ1) is 29.8. The highest BCUT2D eigenvalue weighted by atomic mass is 16.5. The summed E-state index contributed by atoms with van der Waals surface area (Å²) in [4.78, 5) is 63.7. The molecule has 2 amide bonds. The summed E-state index contributed by atoms with van der Waals surface area (Å²) in [5.41, 5.74) is 3.23. The Morgan fingerprint density at radius 2 is 1.73 bits per heavy atom. The molecule has 2 aromatic carbocycles. The number of aromatic nitrogens is 3. The van der Waals surface area contributed by atoms with Gasteiger partial charge in [-0.2, -0.15) is 0 Å². The Bertz CT molecular complexity index is 1790. The summed E-state index contributed by atoms with van der Waals surface area (Å²) < 4.78 is 4.84. The lowest BCUT2D eigenvalue weighted by atomic mass is 9.77. The van der Waals surface area contributed by atoms with Gasteiger partial charge in [0, 0.05) is 53.2 Å². The fourth-order valence-electron chi connectivity index (χ4n) is 4.80. The number of aryl methyl sites for hydroxylation is 1. The first-order chi connectivity index (χ1) is 21.1. The van der Waals surface area contributed by atoms with Crippen molar-refractivity contribution in [2.24, 2.45) is 5.41 Å². The fourth-order valence-corrected chi connectivity index (χ4v) is 4.80. The van der Waals surface area contributed by atoms with Gasteiger partial charge in [0.15, 0.2) is 5.78 Å². The number of amides is 2. The summed E-state index contributed by atoms with van der Waals surface area (Å²) in [5, 5.41) is 8.75. The van der Waals surface area contributed by atoms with Gasteiger partial charge in [-0.05, 0) is 80.4 Å². The Hall–Kier alpha value is -5.71. The smallest absolute Gasteiger partial charge is 0.315 e. The number of Topliss-reactive ketones (excluding diaryl/α,β-unsaturated/α-hetero) is 1. The van der Waals surface area contributed by atoms with E-state index in [1.165, 1.54) is 19.3 Å². The van der Waals surface area contributed by atoms with Gasteiger partial charge >= 0.3 is 5.97 Å². The summed E-state index contributed by atoms with van der Waals surface area (Å²) in [6.07, 6.45) is 6.77. The molecule has 5 rings (SSSR count). The molecule has 222 valence electrons. The number of benzene rings is 2. The molecule has 0 saturated heterocycles. The normalized spacial score (nSPS) is 16.0. The minimum absolute atomic E-state index is 0.0475. The quantitative estimate of drug-likeness (QED) is 0.184. The maximum absolute atomic E-state index is 13.1. The van der Waals surface area contributed by atoms with Crippen molar-refractivity contribution in [1.29, 1.82) is 0 Å². The zero-order chi connectivity index (χ0) is 31.3. The average Bonchev–Trinajstić information content (AvgIpc) is 3.04. The van der Waals surface area contributed by atoms with Gasteiger partial charge in [0.2, 0.25) is 5.95 Å². The topological polar surface area (TPSA) is 152 Å². The van der Waals surface area contributed by atoms with Crippen molar-refractivity contribution in [3.05, 3.63) is 102 Å². The number of nitrogens with one attached hydrogen (secondary N) is 3. The van der Waals surface area contributed by atoms with Crippen LogP contribution in [0.15, 0.2) is 90.9 Å². The number of rotatable bonds is 8. The van der Waals surface area contributed by atoms with E-state index in [4.69, 9.17) is 4.74 Å². The van der Waals surface area contributed by atoms with Crippen molar-refractivity contribution in [2.75, 3.05) is 23.1 Å². The van der Waals surface area contributed by atoms with Gasteiger partial charge in [0.05, 0.1) is 23.8 Å². The monoisotopic (exact) mass is 590 g/mol. The Morgan fingerprint density at radius 3 is 2.48 bits per heavy atom. The number of nitrogens with zero attached hydrogens (tertiary/aromatic N) is 3. The van der Waals surface area contributed by atoms with Crippen LogP contribution in [0.2, 0.25) is 0 Å². The number of hydrogen-bond donors (Lipinski definition) is 3. The zero-order valence-corrected chi connectivity index (χ0v) is 24.4. The number of pyridine rings is 1. The Kier molecular flexibility index (Phi) is 8.56. The molecular formula is C33H30N6O5. The van der Waals surface area contributed by atoms with E-state index in [0.29, 0.717) is 22.9 Å². The summed E-state index contributed by atoms with van der Waals surface area (Å²) in [5.74, 6) is -1.50. The molecule has 1 unspecified atom stereocenters. The van der Waals surface area contributed by atoms with Crippen LogP contribution < -0.4 is 16.0 Å². The molecule has 1 atom stereocenters. The van der Waals surface area contributed by atoms with Gasteiger partial charge in [-0.25, -0.2) is 9.97 Å².